The van der Waals surface area contributed by atoms with Gasteiger partial charge in [-0.1, -0.05) is 6.42 Å². The molecule has 138 valence electrons. The number of allylic oxidation sites excluding steroid dienone is 1. The van der Waals surface area contributed by atoms with Crippen LogP contribution in [0.2, 0.25) is 0 Å². The first-order valence-corrected chi connectivity index (χ1v) is 9.03. The number of hydrogen-bond donors (Lipinski definition) is 0. The van der Waals surface area contributed by atoms with Gasteiger partial charge in [0.25, 0.3) is 0 Å². The summed E-state index contributed by atoms with van der Waals surface area (Å²) in [5, 5.41) is 0. The fraction of sp³-hybridized carbons (Fsp3) is 0.778. The van der Waals surface area contributed by atoms with Crippen molar-refractivity contribution in [1.29, 1.82) is 0 Å². The van der Waals surface area contributed by atoms with E-state index in [0.717, 1.165) is 31.4 Å². The minimum absolute atomic E-state index is 0.0728. The number of rotatable bonds is 1. The summed E-state index contributed by atoms with van der Waals surface area (Å²) in [6.07, 6.45) is 5.14. The zero-order chi connectivity index (χ0) is 17.8. The van der Waals surface area contributed by atoms with Gasteiger partial charge in [0, 0.05) is 32.4 Å². The molecule has 0 aromatic rings. The Morgan fingerprint density at radius 1 is 1.20 bits per heavy atom. The maximum atomic E-state index is 11.9. The summed E-state index contributed by atoms with van der Waals surface area (Å²) in [6.45, 7) is 5.04. The largest absolute Gasteiger partial charge is 0.449 e. The van der Waals surface area contributed by atoms with Gasteiger partial charge in [-0.3, -0.25) is 9.59 Å². The van der Waals surface area contributed by atoms with E-state index in [1.54, 1.807) is 11.0 Å². The van der Waals surface area contributed by atoms with Crippen LogP contribution in [0.1, 0.15) is 52.9 Å². The van der Waals surface area contributed by atoms with Crippen molar-refractivity contribution in [2.24, 2.45) is 0 Å². The minimum atomic E-state index is -1.05. The van der Waals surface area contributed by atoms with E-state index in [9.17, 15) is 9.59 Å². The molecule has 1 spiro atoms. The van der Waals surface area contributed by atoms with Gasteiger partial charge >= 0.3 is 5.97 Å². The highest BCUT2D eigenvalue weighted by atomic mass is 16.8. The van der Waals surface area contributed by atoms with Crippen molar-refractivity contribution in [2.75, 3.05) is 6.54 Å². The van der Waals surface area contributed by atoms with E-state index in [2.05, 4.69) is 0 Å². The fourth-order valence-electron chi connectivity index (χ4n) is 4.62. The molecule has 7 heteroatoms. The lowest BCUT2D eigenvalue weighted by atomic mass is 9.87. The summed E-state index contributed by atoms with van der Waals surface area (Å²) in [7, 11) is 0. The standard InChI is InChI=1S/C18H25NO6/c1-11-9-18(23-13(3)21)14(10-19(11)12(2)20)22-16-15(18)24-17(25-16)7-5-4-6-8-17/h9,14-16H,4-8,10H2,1-3H3/t14-,15+,16-,18-/m1/s1. The van der Waals surface area contributed by atoms with Gasteiger partial charge in [-0.25, -0.2) is 0 Å². The third kappa shape index (κ3) is 2.60. The Bertz CT molecular complexity index is 625. The van der Waals surface area contributed by atoms with Gasteiger partial charge < -0.3 is 23.8 Å². The second-order valence-electron chi connectivity index (χ2n) is 7.48. The predicted octanol–water partition coefficient (Wildman–Crippen LogP) is 1.85. The third-order valence-electron chi connectivity index (χ3n) is 5.69. The summed E-state index contributed by atoms with van der Waals surface area (Å²) in [5.74, 6) is -1.11. The minimum Gasteiger partial charge on any atom is -0.449 e. The molecule has 3 fully saturated rings. The highest BCUT2D eigenvalue weighted by molar-refractivity contribution is 5.76. The van der Waals surface area contributed by atoms with Crippen LogP contribution in [0.5, 0.6) is 0 Å². The van der Waals surface area contributed by atoms with Gasteiger partial charge in [-0.15, -0.1) is 0 Å². The summed E-state index contributed by atoms with van der Waals surface area (Å²) in [6, 6.07) is 0. The maximum Gasteiger partial charge on any atom is 0.303 e. The monoisotopic (exact) mass is 351 g/mol. The number of carbonyl (C=O) groups excluding carboxylic acids is 2. The fourth-order valence-corrected chi connectivity index (χ4v) is 4.62. The number of carbonyl (C=O) groups is 2. The van der Waals surface area contributed by atoms with Crippen molar-refractivity contribution in [1.82, 2.24) is 4.90 Å². The topological polar surface area (TPSA) is 74.3 Å². The number of esters is 1. The van der Waals surface area contributed by atoms with Crippen molar-refractivity contribution in [3.8, 4) is 0 Å². The first kappa shape index (κ1) is 17.0. The summed E-state index contributed by atoms with van der Waals surface area (Å²) < 4.78 is 24.4. The first-order chi connectivity index (χ1) is 11.9. The Morgan fingerprint density at radius 3 is 2.56 bits per heavy atom. The van der Waals surface area contributed by atoms with Crippen molar-refractivity contribution in [3.63, 3.8) is 0 Å². The van der Waals surface area contributed by atoms with Crippen LogP contribution < -0.4 is 0 Å². The van der Waals surface area contributed by atoms with Crippen LogP contribution in [-0.4, -0.2) is 53.2 Å². The molecule has 4 atom stereocenters. The normalized spacial score (nSPS) is 38.9. The maximum absolute atomic E-state index is 11.9. The van der Waals surface area contributed by atoms with E-state index in [1.807, 2.05) is 6.92 Å². The van der Waals surface area contributed by atoms with E-state index in [4.69, 9.17) is 18.9 Å². The van der Waals surface area contributed by atoms with Crippen molar-refractivity contribution < 1.29 is 28.5 Å². The molecular weight excluding hydrogens is 326 g/mol. The van der Waals surface area contributed by atoms with Crippen LogP contribution in [-0.2, 0) is 28.5 Å². The van der Waals surface area contributed by atoms with Crippen LogP contribution >= 0.6 is 0 Å². The molecule has 3 heterocycles. The molecule has 3 aliphatic heterocycles. The Balaban J connectivity index is 1.69. The Hall–Kier alpha value is -1.44. The lowest BCUT2D eigenvalue weighted by Gasteiger charge is -2.42. The number of amides is 1. The quantitative estimate of drug-likeness (QED) is 0.671. The molecule has 4 aliphatic rings. The molecule has 7 nitrogen and oxygen atoms in total. The Kier molecular flexibility index (Phi) is 3.94. The van der Waals surface area contributed by atoms with Crippen LogP contribution in [0.4, 0.5) is 0 Å². The van der Waals surface area contributed by atoms with Crippen molar-refractivity contribution in [2.45, 2.75) is 82.8 Å². The number of ether oxygens (including phenoxy) is 4. The molecule has 2 saturated heterocycles. The molecule has 25 heavy (non-hydrogen) atoms. The highest BCUT2D eigenvalue weighted by Gasteiger charge is 2.68. The molecule has 0 N–H and O–H groups in total. The highest BCUT2D eigenvalue weighted by Crippen LogP contribution is 2.51. The van der Waals surface area contributed by atoms with E-state index in [0.29, 0.717) is 6.54 Å². The third-order valence-corrected chi connectivity index (χ3v) is 5.69. The van der Waals surface area contributed by atoms with Gasteiger partial charge in [-0.2, -0.15) is 0 Å². The average Bonchev–Trinajstić information content (AvgIpc) is 2.99. The number of hydrogen-bond acceptors (Lipinski definition) is 6. The van der Waals surface area contributed by atoms with Gasteiger partial charge in [0.15, 0.2) is 23.8 Å². The van der Waals surface area contributed by atoms with Gasteiger partial charge in [0.1, 0.15) is 6.10 Å². The number of nitrogens with zero attached hydrogens (tertiary/aromatic N) is 1. The molecule has 0 radical (unpaired) electrons. The average molecular weight is 351 g/mol. The van der Waals surface area contributed by atoms with Crippen LogP contribution in [0.3, 0.4) is 0 Å². The lowest BCUT2D eigenvalue weighted by Crippen LogP contribution is -2.58. The van der Waals surface area contributed by atoms with Gasteiger partial charge in [0.2, 0.25) is 5.91 Å². The van der Waals surface area contributed by atoms with E-state index in [1.165, 1.54) is 20.3 Å². The summed E-state index contributed by atoms with van der Waals surface area (Å²) >= 11 is 0. The smallest absolute Gasteiger partial charge is 0.303 e. The molecule has 1 saturated carbocycles. The van der Waals surface area contributed by atoms with E-state index < -0.39 is 35.9 Å². The van der Waals surface area contributed by atoms with Crippen molar-refractivity contribution in [3.05, 3.63) is 11.8 Å². The van der Waals surface area contributed by atoms with E-state index >= 15 is 0 Å². The zero-order valence-corrected chi connectivity index (χ0v) is 14.9. The van der Waals surface area contributed by atoms with Crippen LogP contribution in [0.25, 0.3) is 0 Å². The SMILES string of the molecule is CC(=O)O[C@]12C=C(C)N(C(C)=O)C[C@H]1O[C@@H]1OC3(CCCCC3)O[C@@H]12. The van der Waals surface area contributed by atoms with Crippen LogP contribution in [0.15, 0.2) is 11.8 Å². The molecular formula is C18H25NO6. The van der Waals surface area contributed by atoms with E-state index in [-0.39, 0.29) is 5.91 Å². The second-order valence-corrected chi connectivity index (χ2v) is 7.48. The molecule has 1 aliphatic carbocycles. The molecule has 0 aromatic heterocycles. The first-order valence-electron chi connectivity index (χ1n) is 9.03. The van der Waals surface area contributed by atoms with Crippen molar-refractivity contribution >= 4 is 11.9 Å². The van der Waals surface area contributed by atoms with Crippen LogP contribution in [0, 0.1) is 0 Å². The summed E-state index contributed by atoms with van der Waals surface area (Å²) in [4.78, 5) is 25.3. The second kappa shape index (κ2) is 5.79. The molecule has 1 amide bonds. The zero-order valence-electron chi connectivity index (χ0n) is 14.9. The number of fused-ring (bicyclic) bond motifs is 3. The molecule has 0 bridgehead atoms. The molecule has 4 rings (SSSR count). The molecule has 0 unspecified atom stereocenters. The summed E-state index contributed by atoms with van der Waals surface area (Å²) in [5.41, 5.74) is -0.310. The Labute approximate surface area is 147 Å². The predicted molar refractivity (Wildman–Crippen MR) is 86.1 cm³/mol. The lowest BCUT2D eigenvalue weighted by molar-refractivity contribution is -0.257. The van der Waals surface area contributed by atoms with Gasteiger partial charge in [0.05, 0.1) is 6.54 Å². The van der Waals surface area contributed by atoms with Gasteiger partial charge in [-0.05, 0) is 25.8 Å². The molecule has 0 aromatic carbocycles. The Morgan fingerprint density at radius 2 is 1.92 bits per heavy atom.